The Morgan fingerprint density at radius 3 is 2.31 bits per heavy atom. The van der Waals surface area contributed by atoms with Crippen molar-refractivity contribution in [2.45, 2.75) is 12.1 Å². The van der Waals surface area contributed by atoms with Gasteiger partial charge in [-0.2, -0.15) is 13.2 Å². The van der Waals surface area contributed by atoms with Crippen LogP contribution in [0.1, 0.15) is 33.1 Å². The lowest BCUT2D eigenvalue weighted by atomic mass is 9.92. The molecule has 0 saturated carbocycles. The summed E-state index contributed by atoms with van der Waals surface area (Å²) in [6, 6.07) is 16.1. The van der Waals surface area contributed by atoms with Crippen molar-refractivity contribution in [1.29, 1.82) is 0 Å². The molecule has 1 amide bonds. The summed E-state index contributed by atoms with van der Waals surface area (Å²) in [5.74, 6) is -0.828. The average molecular weight is 439 g/mol. The van der Waals surface area contributed by atoms with Crippen molar-refractivity contribution >= 4 is 29.1 Å². The van der Waals surface area contributed by atoms with Gasteiger partial charge < -0.3 is 5.32 Å². The van der Waals surface area contributed by atoms with Crippen LogP contribution in [0.3, 0.4) is 0 Å². The Morgan fingerprint density at radius 1 is 0.966 bits per heavy atom. The predicted molar refractivity (Wildman–Crippen MR) is 106 cm³/mol. The highest BCUT2D eigenvalue weighted by atomic mass is 35.5. The third kappa shape index (κ3) is 5.08. The average Bonchev–Trinajstić information content (AvgIpc) is 2.70. The van der Waals surface area contributed by atoms with Crippen LogP contribution in [0.5, 0.6) is 0 Å². The van der Waals surface area contributed by atoms with Crippen molar-refractivity contribution in [2.24, 2.45) is 0 Å². The smallest absolute Gasteiger partial charge is 0.351 e. The van der Waals surface area contributed by atoms with E-state index in [1.165, 1.54) is 12.3 Å². The molecule has 1 atom stereocenters. The van der Waals surface area contributed by atoms with Crippen LogP contribution in [0, 0.1) is 0 Å². The number of hydrogen-bond acceptors (Lipinski definition) is 2. The molecule has 0 aliphatic carbocycles. The quantitative estimate of drug-likeness (QED) is 0.533. The number of nitrogens with zero attached hydrogens (tertiary/aromatic N) is 1. The molecule has 3 rings (SSSR count). The van der Waals surface area contributed by atoms with Gasteiger partial charge in [-0.05, 0) is 29.3 Å². The molecule has 1 N–H and O–H groups in total. The Bertz CT molecular complexity index is 993. The maximum Gasteiger partial charge on any atom is 0.433 e. The number of amides is 1. The van der Waals surface area contributed by atoms with Crippen molar-refractivity contribution in [3.8, 4) is 0 Å². The highest BCUT2D eigenvalue weighted by molar-refractivity contribution is 6.43. The Morgan fingerprint density at radius 2 is 1.69 bits per heavy atom. The number of halogens is 5. The van der Waals surface area contributed by atoms with Crippen LogP contribution < -0.4 is 5.32 Å². The molecule has 3 nitrogen and oxygen atoms in total. The molecule has 0 spiro atoms. The monoisotopic (exact) mass is 438 g/mol. The molecule has 150 valence electrons. The lowest BCUT2D eigenvalue weighted by molar-refractivity contribution is -0.141. The van der Waals surface area contributed by atoms with Gasteiger partial charge >= 0.3 is 6.18 Å². The third-order valence-corrected chi connectivity index (χ3v) is 5.16. The Kier molecular flexibility index (Phi) is 6.45. The second-order valence-corrected chi connectivity index (χ2v) is 7.03. The molecule has 3 aromatic rings. The summed E-state index contributed by atoms with van der Waals surface area (Å²) >= 11 is 12.0. The van der Waals surface area contributed by atoms with Crippen molar-refractivity contribution in [3.63, 3.8) is 0 Å². The van der Waals surface area contributed by atoms with Gasteiger partial charge in [0.2, 0.25) is 0 Å². The lowest BCUT2D eigenvalue weighted by Crippen LogP contribution is -2.29. The largest absolute Gasteiger partial charge is 0.433 e. The van der Waals surface area contributed by atoms with Gasteiger partial charge in [0.15, 0.2) is 0 Å². The number of alkyl halides is 3. The van der Waals surface area contributed by atoms with Crippen molar-refractivity contribution in [1.82, 2.24) is 10.3 Å². The lowest BCUT2D eigenvalue weighted by Gasteiger charge is -2.19. The number of carbonyl (C=O) groups excluding carboxylic acids is 1. The fourth-order valence-electron chi connectivity index (χ4n) is 2.86. The van der Waals surface area contributed by atoms with Crippen LogP contribution in [0.25, 0.3) is 0 Å². The van der Waals surface area contributed by atoms with E-state index in [0.717, 1.165) is 11.6 Å². The molecular formula is C21H15Cl2F3N2O. The molecule has 8 heteroatoms. The van der Waals surface area contributed by atoms with E-state index in [2.05, 4.69) is 10.3 Å². The first-order chi connectivity index (χ1) is 13.8. The Labute approximate surface area is 175 Å². The van der Waals surface area contributed by atoms with E-state index in [4.69, 9.17) is 23.2 Å². The summed E-state index contributed by atoms with van der Waals surface area (Å²) in [6.07, 6.45) is -3.34. The van der Waals surface area contributed by atoms with Gasteiger partial charge in [0.25, 0.3) is 5.91 Å². The van der Waals surface area contributed by atoms with Crippen molar-refractivity contribution in [2.75, 3.05) is 6.54 Å². The first kappa shape index (κ1) is 21.1. The van der Waals surface area contributed by atoms with Crippen LogP contribution >= 0.6 is 23.2 Å². The van der Waals surface area contributed by atoms with Crippen LogP contribution in [-0.2, 0) is 6.18 Å². The Balaban J connectivity index is 1.85. The first-order valence-corrected chi connectivity index (χ1v) is 9.33. The topological polar surface area (TPSA) is 42.0 Å². The maximum atomic E-state index is 12.8. The number of benzene rings is 2. The number of carbonyl (C=O) groups is 1. The van der Waals surface area contributed by atoms with E-state index in [1.807, 2.05) is 30.3 Å². The molecule has 1 unspecified atom stereocenters. The second-order valence-electron chi connectivity index (χ2n) is 6.25. The maximum absolute atomic E-state index is 12.8. The molecule has 1 heterocycles. The zero-order valence-corrected chi connectivity index (χ0v) is 16.4. The number of aromatic nitrogens is 1. The van der Waals surface area contributed by atoms with E-state index < -0.39 is 23.7 Å². The van der Waals surface area contributed by atoms with Crippen molar-refractivity contribution < 1.29 is 18.0 Å². The zero-order chi connectivity index (χ0) is 21.0. The first-order valence-electron chi connectivity index (χ1n) is 8.57. The fraction of sp³-hybridized carbons (Fsp3) is 0.143. The minimum atomic E-state index is -4.52. The van der Waals surface area contributed by atoms with Crippen LogP contribution in [0.15, 0.2) is 66.9 Å². The van der Waals surface area contributed by atoms with Gasteiger partial charge in [0.1, 0.15) is 5.69 Å². The van der Waals surface area contributed by atoms with Crippen LogP contribution in [0.4, 0.5) is 13.2 Å². The summed E-state index contributed by atoms with van der Waals surface area (Å²) in [5.41, 5.74) is 0.618. The molecule has 0 aliphatic rings. The SMILES string of the molecule is O=C(NCC(c1ccccc1)c1ccc(C(F)(F)F)nc1)c1cccc(Cl)c1Cl. The second kappa shape index (κ2) is 8.84. The van der Waals surface area contributed by atoms with Gasteiger partial charge in [-0.3, -0.25) is 9.78 Å². The highest BCUT2D eigenvalue weighted by Crippen LogP contribution is 2.30. The summed E-state index contributed by atoms with van der Waals surface area (Å²) in [4.78, 5) is 16.1. The molecule has 0 saturated heterocycles. The highest BCUT2D eigenvalue weighted by Gasteiger charge is 2.32. The van der Waals surface area contributed by atoms with E-state index in [1.54, 1.807) is 18.2 Å². The van der Waals surface area contributed by atoms with E-state index in [9.17, 15) is 18.0 Å². The molecule has 1 aromatic heterocycles. The zero-order valence-electron chi connectivity index (χ0n) is 14.9. The van der Waals surface area contributed by atoms with Gasteiger partial charge in [-0.15, -0.1) is 0 Å². The molecule has 29 heavy (non-hydrogen) atoms. The van der Waals surface area contributed by atoms with E-state index >= 15 is 0 Å². The van der Waals surface area contributed by atoms with Crippen LogP contribution in [0.2, 0.25) is 10.0 Å². The summed E-state index contributed by atoms with van der Waals surface area (Å²) in [5, 5.41) is 3.17. The number of pyridine rings is 1. The number of nitrogens with one attached hydrogen (secondary N) is 1. The predicted octanol–water partition coefficient (Wildman–Crippen LogP) is 5.97. The minimum Gasteiger partial charge on any atom is -0.351 e. The van der Waals surface area contributed by atoms with Gasteiger partial charge in [0.05, 0.1) is 15.6 Å². The molecule has 0 bridgehead atoms. The molecule has 2 aromatic carbocycles. The fourth-order valence-corrected chi connectivity index (χ4v) is 3.25. The number of rotatable bonds is 5. The molecule has 0 aliphatic heterocycles. The normalized spacial score (nSPS) is 12.4. The summed E-state index contributed by atoms with van der Waals surface area (Å²) < 4.78 is 38.4. The molecular weight excluding hydrogens is 424 g/mol. The number of hydrogen-bond donors (Lipinski definition) is 1. The van der Waals surface area contributed by atoms with Gasteiger partial charge in [-0.25, -0.2) is 0 Å². The van der Waals surface area contributed by atoms with Crippen molar-refractivity contribution in [3.05, 3.63) is 99.3 Å². The van der Waals surface area contributed by atoms with E-state index in [0.29, 0.717) is 5.56 Å². The van der Waals surface area contributed by atoms with E-state index in [-0.39, 0.29) is 22.2 Å². The standard InChI is InChI=1S/C21H15Cl2F3N2O/c22-17-8-4-7-15(19(17)23)20(29)28-12-16(13-5-2-1-3-6-13)14-9-10-18(27-11-14)21(24,25)26/h1-11,16H,12H2,(H,28,29). The summed E-state index contributed by atoms with van der Waals surface area (Å²) in [6.45, 7) is 0.138. The van der Waals surface area contributed by atoms with Crippen LogP contribution in [-0.4, -0.2) is 17.4 Å². The third-order valence-electron chi connectivity index (χ3n) is 4.34. The minimum absolute atomic E-state index is 0.138. The Hall–Kier alpha value is -2.57. The van der Waals surface area contributed by atoms with Gasteiger partial charge in [-0.1, -0.05) is 65.7 Å². The molecule has 0 radical (unpaired) electrons. The van der Waals surface area contributed by atoms with Gasteiger partial charge in [0, 0.05) is 18.7 Å². The molecule has 0 fully saturated rings. The summed E-state index contributed by atoms with van der Waals surface area (Å²) in [7, 11) is 0.